The van der Waals surface area contributed by atoms with Crippen LogP contribution >= 0.6 is 11.8 Å². The first-order chi connectivity index (χ1) is 13.9. The van der Waals surface area contributed by atoms with Crippen LogP contribution in [0.5, 0.6) is 11.5 Å². The molecule has 29 heavy (non-hydrogen) atoms. The number of nitrogens with zero attached hydrogens (tertiary/aromatic N) is 5. The molecule has 1 amide bonds. The number of nitrogen functional groups attached to an aromatic ring is 1. The van der Waals surface area contributed by atoms with Gasteiger partial charge in [0.2, 0.25) is 17.9 Å². The molecule has 0 spiro atoms. The molecular formula is C18H21N7O3S. The molecule has 10 nitrogen and oxygen atoms in total. The van der Waals surface area contributed by atoms with Gasteiger partial charge in [-0.15, -0.1) is 10.2 Å². The summed E-state index contributed by atoms with van der Waals surface area (Å²) >= 11 is 1.21. The van der Waals surface area contributed by atoms with Gasteiger partial charge in [-0.05, 0) is 44.5 Å². The highest BCUT2D eigenvalue weighted by atomic mass is 32.2. The Balaban J connectivity index is 1.37. The second kappa shape index (κ2) is 7.66. The third kappa shape index (κ3) is 3.86. The largest absolute Gasteiger partial charge is 0.454 e. The SMILES string of the molecule is Cc1cc(C)n(-c2nnc(SCC(=O)N[C@H](C)c3ccc4c(c3)OCO4)n2N)n1. The molecule has 2 aromatic heterocycles. The molecule has 3 N–H and O–H groups in total. The topological polar surface area (TPSA) is 122 Å². The summed E-state index contributed by atoms with van der Waals surface area (Å²) in [5.41, 5.74) is 2.69. The zero-order valence-corrected chi connectivity index (χ0v) is 17.1. The highest BCUT2D eigenvalue weighted by molar-refractivity contribution is 7.99. The fourth-order valence-electron chi connectivity index (χ4n) is 3.02. The van der Waals surface area contributed by atoms with E-state index in [0.29, 0.717) is 22.6 Å². The molecule has 1 aliphatic heterocycles. The first-order valence-corrected chi connectivity index (χ1v) is 9.97. The number of amides is 1. The third-order valence-corrected chi connectivity index (χ3v) is 5.40. The standard InChI is InChI=1S/C18H21N7O3S/c1-10-6-11(2)25(23-10)17-21-22-18(24(17)19)29-8-16(26)20-12(3)13-4-5-14-15(7-13)28-9-27-14/h4-7,12H,8-9,19H2,1-3H3,(H,20,26)/t12-/m1/s1. The van der Waals surface area contributed by atoms with Crippen LogP contribution in [0.15, 0.2) is 29.4 Å². The van der Waals surface area contributed by atoms with Crippen molar-refractivity contribution in [3.05, 3.63) is 41.2 Å². The van der Waals surface area contributed by atoms with E-state index in [1.807, 2.05) is 45.0 Å². The molecule has 11 heteroatoms. The van der Waals surface area contributed by atoms with E-state index < -0.39 is 0 Å². The Morgan fingerprint density at radius 3 is 2.83 bits per heavy atom. The summed E-state index contributed by atoms with van der Waals surface area (Å²) in [6.45, 7) is 5.93. The lowest BCUT2D eigenvalue weighted by molar-refractivity contribution is -0.119. The molecule has 152 valence electrons. The number of hydrogen-bond acceptors (Lipinski definition) is 8. The number of fused-ring (bicyclic) bond motifs is 1. The number of thioether (sulfide) groups is 1. The van der Waals surface area contributed by atoms with Gasteiger partial charge in [-0.25, -0.2) is 9.36 Å². The maximum Gasteiger partial charge on any atom is 0.271 e. The Kier molecular flexibility index (Phi) is 5.05. The van der Waals surface area contributed by atoms with Crippen molar-refractivity contribution < 1.29 is 14.3 Å². The van der Waals surface area contributed by atoms with Crippen molar-refractivity contribution in [1.29, 1.82) is 0 Å². The van der Waals surface area contributed by atoms with Gasteiger partial charge in [0.25, 0.3) is 5.95 Å². The van der Waals surface area contributed by atoms with Crippen LogP contribution < -0.4 is 20.6 Å². The Labute approximate surface area is 171 Å². The average Bonchev–Trinajstić information content (AvgIpc) is 3.38. The Morgan fingerprint density at radius 2 is 2.07 bits per heavy atom. The number of carbonyl (C=O) groups excluding carboxylic acids is 1. The number of nitrogens with two attached hydrogens (primary N) is 1. The van der Waals surface area contributed by atoms with Gasteiger partial charge in [0, 0.05) is 5.69 Å². The molecule has 0 saturated heterocycles. The molecule has 1 aromatic carbocycles. The molecule has 1 atom stereocenters. The number of aryl methyl sites for hydroxylation is 2. The van der Waals surface area contributed by atoms with Crippen molar-refractivity contribution in [2.75, 3.05) is 18.4 Å². The van der Waals surface area contributed by atoms with E-state index in [1.54, 1.807) is 4.68 Å². The van der Waals surface area contributed by atoms with Gasteiger partial charge in [0.1, 0.15) is 0 Å². The normalized spacial score (nSPS) is 13.5. The lowest BCUT2D eigenvalue weighted by Crippen LogP contribution is -2.28. The van der Waals surface area contributed by atoms with E-state index in [0.717, 1.165) is 17.0 Å². The number of aromatic nitrogens is 5. The van der Waals surface area contributed by atoms with Gasteiger partial charge in [-0.1, -0.05) is 17.8 Å². The maximum absolute atomic E-state index is 12.4. The Hall–Kier alpha value is -3.21. The number of carbonyl (C=O) groups is 1. The highest BCUT2D eigenvalue weighted by Gasteiger charge is 2.19. The van der Waals surface area contributed by atoms with Crippen molar-refractivity contribution >= 4 is 17.7 Å². The summed E-state index contributed by atoms with van der Waals surface area (Å²) in [7, 11) is 0. The lowest BCUT2D eigenvalue weighted by atomic mass is 10.1. The minimum absolute atomic E-state index is 0.143. The minimum Gasteiger partial charge on any atom is -0.454 e. The predicted molar refractivity (Wildman–Crippen MR) is 107 cm³/mol. The summed E-state index contributed by atoms with van der Waals surface area (Å²) in [4.78, 5) is 12.4. The minimum atomic E-state index is -0.182. The first kappa shape index (κ1) is 19.1. The Bertz CT molecular complexity index is 1060. The molecule has 4 rings (SSSR count). The fraction of sp³-hybridized carbons (Fsp3) is 0.333. The molecular weight excluding hydrogens is 394 g/mol. The van der Waals surface area contributed by atoms with E-state index in [1.165, 1.54) is 16.4 Å². The van der Waals surface area contributed by atoms with Crippen LogP contribution in [0.25, 0.3) is 5.95 Å². The van der Waals surface area contributed by atoms with Crippen LogP contribution in [0.3, 0.4) is 0 Å². The van der Waals surface area contributed by atoms with Gasteiger partial charge in [-0.2, -0.15) is 5.10 Å². The number of ether oxygens (including phenoxy) is 2. The number of nitrogens with one attached hydrogen (secondary N) is 1. The van der Waals surface area contributed by atoms with Gasteiger partial charge in [-0.3, -0.25) is 4.79 Å². The quantitative estimate of drug-likeness (QED) is 0.459. The molecule has 0 bridgehead atoms. The van der Waals surface area contributed by atoms with Crippen LogP contribution in [-0.4, -0.2) is 43.1 Å². The molecule has 0 aliphatic carbocycles. The van der Waals surface area contributed by atoms with Crippen molar-refractivity contribution in [3.8, 4) is 17.4 Å². The number of hydrogen-bond donors (Lipinski definition) is 2. The van der Waals surface area contributed by atoms with E-state index in [4.69, 9.17) is 15.3 Å². The summed E-state index contributed by atoms with van der Waals surface area (Å²) in [5, 5.41) is 15.9. The van der Waals surface area contributed by atoms with Crippen molar-refractivity contribution in [2.45, 2.75) is 32.0 Å². The molecule has 3 heterocycles. The second-order valence-electron chi connectivity index (χ2n) is 6.68. The van der Waals surface area contributed by atoms with E-state index in [2.05, 4.69) is 20.6 Å². The van der Waals surface area contributed by atoms with Crippen molar-refractivity contribution in [3.63, 3.8) is 0 Å². The molecule has 3 aromatic rings. The van der Waals surface area contributed by atoms with Crippen LogP contribution in [0.1, 0.15) is 29.9 Å². The molecule has 0 fully saturated rings. The summed E-state index contributed by atoms with van der Waals surface area (Å²) in [6, 6.07) is 7.36. The number of benzene rings is 1. The Morgan fingerprint density at radius 1 is 1.28 bits per heavy atom. The fourth-order valence-corrected chi connectivity index (χ4v) is 3.69. The van der Waals surface area contributed by atoms with E-state index in [9.17, 15) is 4.79 Å². The maximum atomic E-state index is 12.4. The molecule has 1 aliphatic rings. The van der Waals surface area contributed by atoms with Gasteiger partial charge >= 0.3 is 0 Å². The lowest BCUT2D eigenvalue weighted by Gasteiger charge is -2.14. The third-order valence-electron chi connectivity index (χ3n) is 4.45. The smallest absolute Gasteiger partial charge is 0.271 e. The van der Waals surface area contributed by atoms with Crippen LogP contribution in [0.4, 0.5) is 0 Å². The summed E-state index contributed by atoms with van der Waals surface area (Å²) in [5.74, 6) is 7.90. The summed E-state index contributed by atoms with van der Waals surface area (Å²) in [6.07, 6.45) is 0. The van der Waals surface area contributed by atoms with Gasteiger partial charge in [0.05, 0.1) is 17.5 Å². The number of rotatable bonds is 6. The molecule has 0 saturated carbocycles. The van der Waals surface area contributed by atoms with Crippen LogP contribution in [0.2, 0.25) is 0 Å². The van der Waals surface area contributed by atoms with Gasteiger partial charge in [0.15, 0.2) is 11.5 Å². The second-order valence-corrected chi connectivity index (χ2v) is 7.62. The monoisotopic (exact) mass is 415 g/mol. The van der Waals surface area contributed by atoms with Crippen molar-refractivity contribution in [2.24, 2.45) is 0 Å². The first-order valence-electron chi connectivity index (χ1n) is 8.98. The van der Waals surface area contributed by atoms with E-state index >= 15 is 0 Å². The zero-order chi connectivity index (χ0) is 20.5. The average molecular weight is 415 g/mol. The van der Waals surface area contributed by atoms with Crippen LogP contribution in [-0.2, 0) is 4.79 Å². The van der Waals surface area contributed by atoms with E-state index in [-0.39, 0.29) is 24.5 Å². The summed E-state index contributed by atoms with van der Waals surface area (Å²) < 4.78 is 13.6. The molecule has 0 radical (unpaired) electrons. The zero-order valence-electron chi connectivity index (χ0n) is 16.2. The van der Waals surface area contributed by atoms with Crippen molar-refractivity contribution in [1.82, 2.24) is 30.0 Å². The van der Waals surface area contributed by atoms with Crippen LogP contribution in [0, 0.1) is 13.8 Å². The molecule has 0 unspecified atom stereocenters. The highest BCUT2D eigenvalue weighted by Crippen LogP contribution is 2.34. The van der Waals surface area contributed by atoms with Gasteiger partial charge < -0.3 is 20.6 Å². The predicted octanol–water partition coefficient (Wildman–Crippen LogP) is 1.49.